The number of halogens is 1. The molecule has 1 aromatic heterocycles. The van der Waals surface area contributed by atoms with Crippen LogP contribution in [0.5, 0.6) is 0 Å². The highest BCUT2D eigenvalue weighted by molar-refractivity contribution is 5.99. The van der Waals surface area contributed by atoms with Crippen molar-refractivity contribution in [2.24, 2.45) is 0 Å². The monoisotopic (exact) mass is 406 g/mol. The number of aryl methyl sites for hydroxylation is 1. The summed E-state index contributed by atoms with van der Waals surface area (Å²) in [4.78, 5) is 25.1. The van der Waals surface area contributed by atoms with Crippen LogP contribution in [0, 0.1) is 19.7 Å². The minimum atomic E-state index is -0.384. The Morgan fingerprint density at radius 3 is 2.63 bits per heavy atom. The molecule has 0 bridgehead atoms. The third kappa shape index (κ3) is 3.83. The minimum Gasteiger partial charge on any atom is -0.342 e. The summed E-state index contributed by atoms with van der Waals surface area (Å²) in [5, 5.41) is 9.97. The Labute approximate surface area is 174 Å². The van der Waals surface area contributed by atoms with Crippen molar-refractivity contribution in [3.8, 4) is 5.69 Å². The van der Waals surface area contributed by atoms with E-state index in [0.29, 0.717) is 11.4 Å². The van der Waals surface area contributed by atoms with Gasteiger partial charge in [-0.25, -0.2) is 9.07 Å². The normalized spacial score (nSPS) is 12.5. The van der Waals surface area contributed by atoms with Crippen molar-refractivity contribution in [3.63, 3.8) is 0 Å². The smallest absolute Gasteiger partial charge is 0.272 e. The third-order valence-electron chi connectivity index (χ3n) is 5.50. The van der Waals surface area contributed by atoms with Gasteiger partial charge in [-0.05, 0) is 74.6 Å². The molecule has 30 heavy (non-hydrogen) atoms. The number of hydrogen-bond donors (Lipinski definition) is 2. The first-order chi connectivity index (χ1) is 14.4. The lowest BCUT2D eigenvalue weighted by Gasteiger charge is -2.10. The molecule has 3 aromatic rings. The average molecular weight is 406 g/mol. The Morgan fingerprint density at radius 1 is 1.10 bits per heavy atom. The Bertz CT molecular complexity index is 1120. The zero-order valence-electron chi connectivity index (χ0n) is 17.0. The van der Waals surface area contributed by atoms with Crippen LogP contribution in [0.25, 0.3) is 5.69 Å². The lowest BCUT2D eigenvalue weighted by atomic mass is 10.1. The quantitative estimate of drug-likeness (QED) is 0.681. The van der Waals surface area contributed by atoms with Gasteiger partial charge >= 0.3 is 0 Å². The number of anilines is 1. The van der Waals surface area contributed by atoms with Gasteiger partial charge in [-0.2, -0.15) is 5.10 Å². The van der Waals surface area contributed by atoms with Crippen molar-refractivity contribution >= 4 is 17.5 Å². The summed E-state index contributed by atoms with van der Waals surface area (Å²) in [6.45, 7) is 3.77. The first kappa shape index (κ1) is 19.8. The van der Waals surface area contributed by atoms with E-state index >= 15 is 0 Å². The second kappa shape index (κ2) is 8.10. The molecular weight excluding hydrogens is 383 g/mol. The fourth-order valence-electron chi connectivity index (χ4n) is 3.74. The Kier molecular flexibility index (Phi) is 5.35. The van der Waals surface area contributed by atoms with E-state index in [-0.39, 0.29) is 24.2 Å². The lowest BCUT2D eigenvalue weighted by Crippen LogP contribution is -2.33. The molecule has 0 unspecified atom stereocenters. The number of nitrogens with one attached hydrogen (secondary N) is 2. The van der Waals surface area contributed by atoms with Crippen molar-refractivity contribution in [2.75, 3.05) is 11.9 Å². The van der Waals surface area contributed by atoms with Crippen LogP contribution >= 0.6 is 0 Å². The summed E-state index contributed by atoms with van der Waals surface area (Å²) in [7, 11) is 0. The molecule has 4 rings (SSSR count). The number of carbonyl (C=O) groups is 2. The van der Waals surface area contributed by atoms with Gasteiger partial charge in [-0.15, -0.1) is 0 Å². The van der Waals surface area contributed by atoms with Gasteiger partial charge in [-0.1, -0.05) is 12.1 Å². The van der Waals surface area contributed by atoms with Crippen LogP contribution in [0.3, 0.4) is 0 Å². The lowest BCUT2D eigenvalue weighted by molar-refractivity contribution is -0.115. The predicted molar refractivity (Wildman–Crippen MR) is 112 cm³/mol. The molecule has 0 saturated heterocycles. The summed E-state index contributed by atoms with van der Waals surface area (Å²) in [5.41, 5.74) is 5.70. The second-order valence-electron chi connectivity index (χ2n) is 7.49. The zero-order valence-corrected chi connectivity index (χ0v) is 17.0. The van der Waals surface area contributed by atoms with Crippen LogP contribution in [0.15, 0.2) is 42.5 Å². The summed E-state index contributed by atoms with van der Waals surface area (Å²) in [5.74, 6) is -1.01. The van der Waals surface area contributed by atoms with Crippen LogP contribution in [0.2, 0.25) is 0 Å². The van der Waals surface area contributed by atoms with E-state index in [1.54, 1.807) is 16.8 Å². The molecule has 2 amide bonds. The van der Waals surface area contributed by atoms with Crippen molar-refractivity contribution in [2.45, 2.75) is 33.1 Å². The number of rotatable bonds is 5. The van der Waals surface area contributed by atoms with E-state index < -0.39 is 0 Å². The highest BCUT2D eigenvalue weighted by atomic mass is 19.1. The highest BCUT2D eigenvalue weighted by Gasteiger charge is 2.27. The van der Waals surface area contributed by atoms with Crippen molar-refractivity contribution in [1.29, 1.82) is 0 Å². The molecular formula is C23H23FN4O2. The second-order valence-corrected chi connectivity index (χ2v) is 7.49. The summed E-state index contributed by atoms with van der Waals surface area (Å²) >= 11 is 0. The van der Waals surface area contributed by atoms with E-state index in [2.05, 4.69) is 15.7 Å². The molecule has 0 aliphatic heterocycles. The van der Waals surface area contributed by atoms with Crippen LogP contribution in [0.1, 0.15) is 39.3 Å². The molecule has 0 spiro atoms. The number of amides is 2. The molecule has 0 fully saturated rings. The van der Waals surface area contributed by atoms with Crippen LogP contribution in [-0.2, 0) is 17.6 Å². The number of aromatic nitrogens is 2. The topological polar surface area (TPSA) is 76.0 Å². The molecule has 0 atom stereocenters. The largest absolute Gasteiger partial charge is 0.342 e. The maximum atomic E-state index is 13.3. The van der Waals surface area contributed by atoms with Gasteiger partial charge in [0.15, 0.2) is 5.69 Å². The molecule has 1 heterocycles. The Balaban J connectivity index is 1.47. The standard InChI is InChI=1S/C23H23FN4O2/c1-14-5-3-7-19(15(14)2)26-21(29)13-25-23(30)22-18-6-4-8-20(18)28(27-22)17-11-9-16(24)10-12-17/h3,5,7,9-12H,4,6,8,13H2,1-2H3,(H,25,30)(H,26,29). The van der Waals surface area contributed by atoms with E-state index in [1.165, 1.54) is 12.1 Å². The molecule has 2 N–H and O–H groups in total. The minimum absolute atomic E-state index is 0.148. The number of fused-ring (bicyclic) bond motifs is 1. The molecule has 1 aliphatic carbocycles. The Morgan fingerprint density at radius 2 is 1.87 bits per heavy atom. The van der Waals surface area contributed by atoms with E-state index in [4.69, 9.17) is 0 Å². The maximum absolute atomic E-state index is 13.3. The fraction of sp³-hybridized carbons (Fsp3) is 0.261. The van der Waals surface area contributed by atoms with Gasteiger partial charge < -0.3 is 10.6 Å². The molecule has 1 aliphatic rings. The first-order valence-corrected chi connectivity index (χ1v) is 9.95. The van der Waals surface area contributed by atoms with E-state index in [0.717, 1.165) is 47.3 Å². The fourth-order valence-corrected chi connectivity index (χ4v) is 3.74. The van der Waals surface area contributed by atoms with Crippen molar-refractivity contribution in [3.05, 3.63) is 76.4 Å². The summed E-state index contributed by atoms with van der Waals surface area (Å²) in [6, 6.07) is 11.7. The van der Waals surface area contributed by atoms with E-state index in [1.807, 2.05) is 32.0 Å². The first-order valence-electron chi connectivity index (χ1n) is 9.95. The zero-order chi connectivity index (χ0) is 21.3. The number of nitrogens with zero attached hydrogens (tertiary/aromatic N) is 2. The molecule has 6 nitrogen and oxygen atoms in total. The van der Waals surface area contributed by atoms with E-state index in [9.17, 15) is 14.0 Å². The van der Waals surface area contributed by atoms with Crippen LogP contribution in [-0.4, -0.2) is 28.1 Å². The SMILES string of the molecule is Cc1cccc(NC(=O)CNC(=O)c2nn(-c3ccc(F)cc3)c3c2CCC3)c1C. The number of hydrogen-bond acceptors (Lipinski definition) is 3. The van der Waals surface area contributed by atoms with Gasteiger partial charge in [-0.3, -0.25) is 9.59 Å². The third-order valence-corrected chi connectivity index (χ3v) is 5.50. The van der Waals surface area contributed by atoms with Crippen molar-refractivity contribution in [1.82, 2.24) is 15.1 Å². The molecule has 0 saturated carbocycles. The molecule has 0 radical (unpaired) electrons. The van der Waals surface area contributed by atoms with Gasteiger partial charge in [0.25, 0.3) is 5.91 Å². The summed E-state index contributed by atoms with van der Waals surface area (Å²) in [6.07, 6.45) is 2.50. The molecule has 2 aromatic carbocycles. The van der Waals surface area contributed by atoms with Crippen LogP contribution < -0.4 is 10.6 Å². The Hall–Kier alpha value is -3.48. The van der Waals surface area contributed by atoms with Gasteiger partial charge in [0, 0.05) is 16.9 Å². The van der Waals surface area contributed by atoms with Gasteiger partial charge in [0.1, 0.15) is 5.82 Å². The predicted octanol–water partition coefficient (Wildman–Crippen LogP) is 3.49. The molecule has 154 valence electrons. The number of benzene rings is 2. The average Bonchev–Trinajstić information content (AvgIpc) is 3.33. The van der Waals surface area contributed by atoms with Gasteiger partial charge in [0.2, 0.25) is 5.91 Å². The van der Waals surface area contributed by atoms with Crippen molar-refractivity contribution < 1.29 is 14.0 Å². The van der Waals surface area contributed by atoms with Gasteiger partial charge in [0.05, 0.1) is 12.2 Å². The highest BCUT2D eigenvalue weighted by Crippen LogP contribution is 2.28. The maximum Gasteiger partial charge on any atom is 0.272 e. The summed E-state index contributed by atoms with van der Waals surface area (Å²) < 4.78 is 15.0. The molecule has 7 heteroatoms. The number of carbonyl (C=O) groups excluding carboxylic acids is 2. The van der Waals surface area contributed by atoms with Crippen LogP contribution in [0.4, 0.5) is 10.1 Å².